The number of methoxy groups -OCH3 is 1. The maximum absolute atomic E-state index is 11.6. The highest BCUT2D eigenvalue weighted by molar-refractivity contribution is 5.87. The second-order valence-electron chi connectivity index (χ2n) is 4.03. The van der Waals surface area contributed by atoms with Crippen molar-refractivity contribution in [1.82, 2.24) is 0 Å². The Morgan fingerprint density at radius 2 is 1.93 bits per heavy atom. The van der Waals surface area contributed by atoms with Gasteiger partial charge in [0.15, 0.2) is 0 Å². The second kappa shape index (κ2) is 3.69. The van der Waals surface area contributed by atoms with Gasteiger partial charge in [-0.05, 0) is 12.8 Å². The molecule has 78 valence electrons. The van der Waals surface area contributed by atoms with Gasteiger partial charge in [-0.2, -0.15) is 0 Å². The predicted octanol–water partition coefficient (Wildman–Crippen LogP) is 0.401. The molecule has 0 unspecified atom stereocenters. The topological polar surface area (TPSA) is 52.6 Å². The minimum Gasteiger partial charge on any atom is -0.469 e. The van der Waals surface area contributed by atoms with Gasteiger partial charge in [0.05, 0.1) is 26.2 Å². The van der Waals surface area contributed by atoms with E-state index in [1.54, 1.807) is 0 Å². The summed E-state index contributed by atoms with van der Waals surface area (Å²) in [6, 6.07) is 0. The monoisotopic (exact) mass is 198 g/mol. The van der Waals surface area contributed by atoms with E-state index in [2.05, 4.69) is 0 Å². The van der Waals surface area contributed by atoms with Crippen molar-refractivity contribution in [2.75, 3.05) is 20.3 Å². The molecule has 14 heavy (non-hydrogen) atoms. The lowest BCUT2D eigenvalue weighted by Crippen LogP contribution is -2.44. The standard InChI is InChI=1S/C10H14O4/c1-13-10(12)6-2-7-4-14-5-8(3-6)9(7)11/h6-8H,2-5H2,1H3/t7-,8-/m0/s1. The van der Waals surface area contributed by atoms with Crippen LogP contribution in [0, 0.1) is 17.8 Å². The molecule has 1 aliphatic carbocycles. The predicted molar refractivity (Wildman–Crippen MR) is 47.5 cm³/mol. The summed E-state index contributed by atoms with van der Waals surface area (Å²) in [5.74, 6) is -0.166. The second-order valence-corrected chi connectivity index (χ2v) is 4.03. The maximum atomic E-state index is 11.6. The molecule has 0 spiro atoms. The number of ketones is 1. The Morgan fingerprint density at radius 3 is 2.43 bits per heavy atom. The van der Waals surface area contributed by atoms with Crippen LogP contribution in [0.3, 0.4) is 0 Å². The Bertz CT molecular complexity index is 245. The van der Waals surface area contributed by atoms with E-state index in [1.807, 2.05) is 0 Å². The molecule has 2 fully saturated rings. The first-order valence-corrected chi connectivity index (χ1v) is 4.91. The first-order chi connectivity index (χ1) is 6.72. The SMILES string of the molecule is COC(=O)C1C[C@H]2COC[C@H](C1)C2=O. The van der Waals surface area contributed by atoms with Gasteiger partial charge in [0, 0.05) is 11.8 Å². The summed E-state index contributed by atoms with van der Waals surface area (Å²) in [6.45, 7) is 0.950. The van der Waals surface area contributed by atoms with Crippen LogP contribution in [0.15, 0.2) is 0 Å². The van der Waals surface area contributed by atoms with Gasteiger partial charge in [0.1, 0.15) is 5.78 Å². The van der Waals surface area contributed by atoms with Crippen molar-refractivity contribution in [2.24, 2.45) is 17.8 Å². The number of hydrogen-bond donors (Lipinski definition) is 0. The van der Waals surface area contributed by atoms with E-state index in [0.29, 0.717) is 26.1 Å². The molecule has 0 aromatic rings. The number of carbonyl (C=O) groups is 2. The molecule has 1 saturated carbocycles. The van der Waals surface area contributed by atoms with Gasteiger partial charge in [0.25, 0.3) is 0 Å². The lowest BCUT2D eigenvalue weighted by Gasteiger charge is -2.36. The van der Waals surface area contributed by atoms with Crippen LogP contribution in [-0.4, -0.2) is 32.1 Å². The Morgan fingerprint density at radius 1 is 1.36 bits per heavy atom. The Hall–Kier alpha value is -0.900. The highest BCUT2D eigenvalue weighted by atomic mass is 16.5. The first kappa shape index (κ1) is 9.65. The Kier molecular flexibility index (Phi) is 2.54. The van der Waals surface area contributed by atoms with Crippen molar-refractivity contribution in [2.45, 2.75) is 12.8 Å². The molecule has 1 saturated heterocycles. The molecule has 0 N–H and O–H groups in total. The van der Waals surface area contributed by atoms with Crippen molar-refractivity contribution in [3.63, 3.8) is 0 Å². The van der Waals surface area contributed by atoms with Gasteiger partial charge in [-0.15, -0.1) is 0 Å². The van der Waals surface area contributed by atoms with Crippen LogP contribution in [0.4, 0.5) is 0 Å². The van der Waals surface area contributed by atoms with E-state index < -0.39 is 0 Å². The average Bonchev–Trinajstić information content (AvgIpc) is 2.16. The van der Waals surface area contributed by atoms with E-state index in [0.717, 1.165) is 0 Å². The molecule has 2 atom stereocenters. The van der Waals surface area contributed by atoms with Gasteiger partial charge in [0.2, 0.25) is 0 Å². The molecule has 0 amide bonds. The van der Waals surface area contributed by atoms with Crippen molar-refractivity contribution >= 4 is 11.8 Å². The third kappa shape index (κ3) is 1.54. The number of esters is 1. The van der Waals surface area contributed by atoms with E-state index in [1.165, 1.54) is 7.11 Å². The number of Topliss-reactive ketones (excluding diaryl/α,β-unsaturated/α-hetero) is 1. The summed E-state index contributed by atoms with van der Waals surface area (Å²) in [6.07, 6.45) is 1.20. The molecule has 1 aliphatic heterocycles. The van der Waals surface area contributed by atoms with E-state index in [-0.39, 0.29) is 29.5 Å². The first-order valence-electron chi connectivity index (χ1n) is 4.91. The van der Waals surface area contributed by atoms with E-state index >= 15 is 0 Å². The highest BCUT2D eigenvalue weighted by Gasteiger charge is 2.42. The fourth-order valence-corrected chi connectivity index (χ4v) is 2.36. The van der Waals surface area contributed by atoms with Crippen LogP contribution in [-0.2, 0) is 19.1 Å². The fraction of sp³-hybridized carbons (Fsp3) is 0.800. The normalized spacial score (nSPS) is 36.6. The van der Waals surface area contributed by atoms with E-state index in [9.17, 15) is 9.59 Å². The van der Waals surface area contributed by atoms with Crippen LogP contribution in [0.2, 0.25) is 0 Å². The molecule has 2 rings (SSSR count). The minimum absolute atomic E-state index is 0.0772. The summed E-state index contributed by atoms with van der Waals surface area (Å²) < 4.78 is 9.99. The van der Waals surface area contributed by atoms with Crippen LogP contribution < -0.4 is 0 Å². The van der Waals surface area contributed by atoms with Crippen molar-refractivity contribution < 1.29 is 19.1 Å². The molecule has 4 nitrogen and oxygen atoms in total. The Labute approximate surface area is 82.6 Å². The minimum atomic E-state index is -0.186. The summed E-state index contributed by atoms with van der Waals surface area (Å²) in [5.41, 5.74) is 0. The summed E-state index contributed by atoms with van der Waals surface area (Å²) in [4.78, 5) is 23.0. The van der Waals surface area contributed by atoms with Crippen LogP contribution in [0.5, 0.6) is 0 Å². The summed E-state index contributed by atoms with van der Waals surface area (Å²) in [7, 11) is 1.39. The van der Waals surface area contributed by atoms with Gasteiger partial charge >= 0.3 is 5.97 Å². The fourth-order valence-electron chi connectivity index (χ4n) is 2.36. The summed E-state index contributed by atoms with van der Waals surface area (Å²) >= 11 is 0. The zero-order valence-corrected chi connectivity index (χ0v) is 8.19. The van der Waals surface area contributed by atoms with Gasteiger partial charge in [-0.25, -0.2) is 0 Å². The van der Waals surface area contributed by atoms with Crippen LogP contribution in [0.25, 0.3) is 0 Å². The van der Waals surface area contributed by atoms with E-state index in [4.69, 9.17) is 9.47 Å². The smallest absolute Gasteiger partial charge is 0.308 e. The maximum Gasteiger partial charge on any atom is 0.308 e. The van der Waals surface area contributed by atoms with Crippen molar-refractivity contribution in [3.05, 3.63) is 0 Å². The third-order valence-corrected chi connectivity index (χ3v) is 3.12. The average molecular weight is 198 g/mol. The number of carbonyl (C=O) groups excluding carboxylic acids is 2. The highest BCUT2D eigenvalue weighted by Crippen LogP contribution is 2.34. The zero-order chi connectivity index (χ0) is 10.1. The quantitative estimate of drug-likeness (QED) is 0.572. The number of rotatable bonds is 1. The zero-order valence-electron chi connectivity index (χ0n) is 8.19. The lowest BCUT2D eigenvalue weighted by atomic mass is 9.73. The molecular formula is C10H14O4. The van der Waals surface area contributed by atoms with Crippen LogP contribution in [0.1, 0.15) is 12.8 Å². The Balaban J connectivity index is 2.07. The van der Waals surface area contributed by atoms with Gasteiger partial charge < -0.3 is 9.47 Å². The van der Waals surface area contributed by atoms with Crippen molar-refractivity contribution in [1.29, 1.82) is 0 Å². The van der Waals surface area contributed by atoms with Gasteiger partial charge in [-0.3, -0.25) is 9.59 Å². The number of hydrogen-bond acceptors (Lipinski definition) is 4. The molecule has 0 aromatic carbocycles. The molecule has 2 bridgehead atoms. The molecule has 4 heteroatoms. The van der Waals surface area contributed by atoms with Gasteiger partial charge in [-0.1, -0.05) is 0 Å². The molecule has 1 heterocycles. The molecule has 0 radical (unpaired) electrons. The number of ether oxygens (including phenoxy) is 2. The third-order valence-electron chi connectivity index (χ3n) is 3.12. The van der Waals surface area contributed by atoms with Crippen molar-refractivity contribution in [3.8, 4) is 0 Å². The number of fused-ring (bicyclic) bond motifs is 2. The van der Waals surface area contributed by atoms with Crippen LogP contribution >= 0.6 is 0 Å². The largest absolute Gasteiger partial charge is 0.469 e. The summed E-state index contributed by atoms with van der Waals surface area (Å²) in [5, 5.41) is 0. The molecule has 2 aliphatic rings. The lowest BCUT2D eigenvalue weighted by molar-refractivity contribution is -0.155. The molecule has 0 aromatic heterocycles. The molecular weight excluding hydrogens is 184 g/mol.